The topological polar surface area (TPSA) is 38.0 Å². The molecular weight excluding hydrogens is 252 g/mol. The Morgan fingerprint density at radius 1 is 1.35 bits per heavy atom. The summed E-state index contributed by atoms with van der Waals surface area (Å²) in [7, 11) is 0. The van der Waals surface area contributed by atoms with Crippen LogP contribution >= 0.6 is 22.9 Å². The van der Waals surface area contributed by atoms with E-state index < -0.39 is 0 Å². The molecule has 2 nitrogen and oxygen atoms in total. The van der Waals surface area contributed by atoms with Gasteiger partial charge in [-0.15, -0.1) is 11.3 Å². The summed E-state index contributed by atoms with van der Waals surface area (Å²) in [5, 5.41) is 0. The average Bonchev–Trinajstić information content (AvgIpc) is 2.71. The van der Waals surface area contributed by atoms with Crippen molar-refractivity contribution in [3.05, 3.63) is 21.3 Å². The zero-order valence-electron chi connectivity index (χ0n) is 10.4. The van der Waals surface area contributed by atoms with Gasteiger partial charge in [0.2, 0.25) is 0 Å². The molecule has 2 rings (SSSR count). The number of thiophene rings is 1. The Balaban J connectivity index is 2.08. The van der Waals surface area contributed by atoms with Gasteiger partial charge in [0.05, 0.1) is 10.4 Å². The minimum Gasteiger partial charge on any atom is -0.271 e. The van der Waals surface area contributed by atoms with E-state index in [2.05, 4.69) is 25.3 Å². The van der Waals surface area contributed by atoms with Gasteiger partial charge in [0.25, 0.3) is 0 Å². The van der Waals surface area contributed by atoms with Crippen molar-refractivity contribution >= 4 is 22.9 Å². The third-order valence-corrected chi connectivity index (χ3v) is 5.50. The normalized spacial score (nSPS) is 31.4. The van der Waals surface area contributed by atoms with Gasteiger partial charge in [-0.25, -0.2) is 0 Å². The lowest BCUT2D eigenvalue weighted by Gasteiger charge is -2.36. The van der Waals surface area contributed by atoms with E-state index >= 15 is 0 Å². The third kappa shape index (κ3) is 3.02. The molecule has 1 aliphatic rings. The Hall–Kier alpha value is -0.0900. The summed E-state index contributed by atoms with van der Waals surface area (Å²) < 4.78 is 0.845. The fourth-order valence-corrected chi connectivity index (χ4v) is 4.05. The van der Waals surface area contributed by atoms with Crippen molar-refractivity contribution in [1.82, 2.24) is 5.43 Å². The first-order valence-electron chi connectivity index (χ1n) is 6.33. The van der Waals surface area contributed by atoms with E-state index in [9.17, 15) is 0 Å². The Labute approximate surface area is 113 Å². The van der Waals surface area contributed by atoms with Gasteiger partial charge in [-0.05, 0) is 42.7 Å². The van der Waals surface area contributed by atoms with Gasteiger partial charge in [0.1, 0.15) is 0 Å². The molecule has 4 unspecified atom stereocenters. The van der Waals surface area contributed by atoms with Crippen LogP contribution < -0.4 is 11.3 Å². The van der Waals surface area contributed by atoms with Crippen molar-refractivity contribution in [2.45, 2.75) is 39.2 Å². The summed E-state index contributed by atoms with van der Waals surface area (Å²) in [4.78, 5) is 1.27. The molecule has 1 aliphatic carbocycles. The summed E-state index contributed by atoms with van der Waals surface area (Å²) >= 11 is 7.64. The number of nitrogens with one attached hydrogen (secondary N) is 1. The molecule has 0 saturated heterocycles. The van der Waals surface area contributed by atoms with Crippen LogP contribution in [-0.2, 0) is 0 Å². The van der Waals surface area contributed by atoms with E-state index in [-0.39, 0.29) is 6.04 Å². The zero-order chi connectivity index (χ0) is 12.4. The van der Waals surface area contributed by atoms with E-state index in [0.717, 1.165) is 16.2 Å². The van der Waals surface area contributed by atoms with E-state index in [0.29, 0.717) is 5.92 Å². The summed E-state index contributed by atoms with van der Waals surface area (Å²) in [6.07, 6.45) is 3.82. The number of halogens is 1. The Morgan fingerprint density at radius 2 is 2.12 bits per heavy atom. The molecular formula is C13H21ClN2S. The lowest BCUT2D eigenvalue weighted by molar-refractivity contribution is 0.173. The predicted molar refractivity (Wildman–Crippen MR) is 75.1 cm³/mol. The highest BCUT2D eigenvalue weighted by Crippen LogP contribution is 2.41. The van der Waals surface area contributed by atoms with E-state index in [1.54, 1.807) is 11.3 Å². The van der Waals surface area contributed by atoms with Crippen LogP contribution in [0.2, 0.25) is 4.34 Å². The summed E-state index contributed by atoms with van der Waals surface area (Å²) in [6, 6.07) is 4.32. The molecule has 0 aromatic carbocycles. The lowest BCUT2D eigenvalue weighted by atomic mass is 9.73. The summed E-state index contributed by atoms with van der Waals surface area (Å²) in [6.45, 7) is 4.71. The first kappa shape index (κ1) is 13.3. The highest BCUT2D eigenvalue weighted by atomic mass is 35.5. The average molecular weight is 273 g/mol. The molecule has 3 N–H and O–H groups in total. The van der Waals surface area contributed by atoms with Crippen LogP contribution in [0.3, 0.4) is 0 Å². The zero-order valence-corrected chi connectivity index (χ0v) is 12.0. The van der Waals surface area contributed by atoms with E-state index in [4.69, 9.17) is 17.4 Å². The largest absolute Gasteiger partial charge is 0.271 e. The highest BCUT2D eigenvalue weighted by Gasteiger charge is 2.31. The molecule has 0 radical (unpaired) electrons. The van der Waals surface area contributed by atoms with Crippen LogP contribution in [-0.4, -0.2) is 0 Å². The molecule has 17 heavy (non-hydrogen) atoms. The van der Waals surface area contributed by atoms with Gasteiger partial charge in [0.15, 0.2) is 0 Å². The van der Waals surface area contributed by atoms with Crippen LogP contribution in [0.15, 0.2) is 12.1 Å². The van der Waals surface area contributed by atoms with Gasteiger partial charge in [-0.3, -0.25) is 11.3 Å². The molecule has 1 heterocycles. The minimum atomic E-state index is 0.266. The maximum absolute atomic E-state index is 6.00. The molecule has 1 aromatic heterocycles. The fourth-order valence-electron chi connectivity index (χ4n) is 2.84. The minimum absolute atomic E-state index is 0.266. The van der Waals surface area contributed by atoms with Crippen LogP contribution in [0.1, 0.15) is 44.0 Å². The van der Waals surface area contributed by atoms with E-state index in [1.807, 2.05) is 6.07 Å². The van der Waals surface area contributed by atoms with Crippen molar-refractivity contribution in [1.29, 1.82) is 0 Å². The molecule has 4 heteroatoms. The summed E-state index contributed by atoms with van der Waals surface area (Å²) in [5.74, 6) is 8.01. The molecule has 1 aromatic rings. The van der Waals surface area contributed by atoms with E-state index in [1.165, 1.54) is 24.1 Å². The van der Waals surface area contributed by atoms with Crippen LogP contribution in [0.5, 0.6) is 0 Å². The Kier molecular flexibility index (Phi) is 4.47. The predicted octanol–water partition coefficient (Wildman–Crippen LogP) is 3.98. The number of rotatable bonds is 3. The SMILES string of the molecule is CC1CCC(C(NN)c2ccc(Cl)s2)CC1C. The number of hydrazine groups is 1. The highest BCUT2D eigenvalue weighted by molar-refractivity contribution is 7.16. The van der Waals surface area contributed by atoms with Crippen molar-refractivity contribution in [2.75, 3.05) is 0 Å². The van der Waals surface area contributed by atoms with Crippen LogP contribution in [0.25, 0.3) is 0 Å². The molecule has 1 saturated carbocycles. The molecule has 96 valence electrons. The van der Waals surface area contributed by atoms with Crippen LogP contribution in [0, 0.1) is 17.8 Å². The molecule has 1 fully saturated rings. The number of hydrogen-bond acceptors (Lipinski definition) is 3. The van der Waals surface area contributed by atoms with Gasteiger partial charge in [-0.1, -0.05) is 31.9 Å². The van der Waals surface area contributed by atoms with Crippen molar-refractivity contribution in [2.24, 2.45) is 23.6 Å². The van der Waals surface area contributed by atoms with Crippen molar-refractivity contribution < 1.29 is 0 Å². The molecule has 0 amide bonds. The van der Waals surface area contributed by atoms with Crippen molar-refractivity contribution in [3.63, 3.8) is 0 Å². The third-order valence-electron chi connectivity index (χ3n) is 4.19. The van der Waals surface area contributed by atoms with Gasteiger partial charge in [-0.2, -0.15) is 0 Å². The monoisotopic (exact) mass is 272 g/mol. The van der Waals surface area contributed by atoms with Gasteiger partial charge < -0.3 is 0 Å². The smallest absolute Gasteiger partial charge is 0.0931 e. The lowest BCUT2D eigenvalue weighted by Crippen LogP contribution is -2.36. The Bertz CT molecular complexity index is 366. The second-order valence-corrected chi connectivity index (χ2v) is 7.06. The number of hydrogen-bond donors (Lipinski definition) is 2. The van der Waals surface area contributed by atoms with Gasteiger partial charge >= 0.3 is 0 Å². The fraction of sp³-hybridized carbons (Fsp3) is 0.692. The van der Waals surface area contributed by atoms with Crippen molar-refractivity contribution in [3.8, 4) is 0 Å². The maximum Gasteiger partial charge on any atom is 0.0931 e. The molecule has 0 spiro atoms. The first-order chi connectivity index (χ1) is 8.11. The Morgan fingerprint density at radius 3 is 2.65 bits per heavy atom. The quantitative estimate of drug-likeness (QED) is 0.645. The molecule has 4 atom stereocenters. The van der Waals surface area contributed by atoms with Gasteiger partial charge in [0, 0.05) is 4.88 Å². The van der Waals surface area contributed by atoms with Crippen LogP contribution in [0.4, 0.5) is 0 Å². The first-order valence-corrected chi connectivity index (χ1v) is 7.52. The standard InChI is InChI=1S/C13H21ClN2S/c1-8-3-4-10(7-9(8)2)13(16-15)11-5-6-12(14)17-11/h5-6,8-10,13,16H,3-4,7,15H2,1-2H3. The number of nitrogens with two attached hydrogens (primary N) is 1. The molecule has 0 bridgehead atoms. The molecule has 0 aliphatic heterocycles. The summed E-state index contributed by atoms with van der Waals surface area (Å²) in [5.41, 5.74) is 2.99. The maximum atomic E-state index is 6.00. The second-order valence-electron chi connectivity index (χ2n) is 5.31. The second kappa shape index (κ2) is 5.70.